The van der Waals surface area contributed by atoms with Crippen molar-refractivity contribution in [1.29, 1.82) is 0 Å². The minimum absolute atomic E-state index is 0.0413. The van der Waals surface area contributed by atoms with Crippen LogP contribution in [0.25, 0.3) is 0 Å². The Labute approximate surface area is 141 Å². The van der Waals surface area contributed by atoms with Crippen LogP contribution >= 0.6 is 0 Å². The molecule has 0 atom stereocenters. The molecule has 0 aliphatic rings. The van der Waals surface area contributed by atoms with E-state index in [9.17, 15) is 14.9 Å². The minimum atomic E-state index is -0.467. The molecule has 0 aliphatic heterocycles. The Bertz CT molecular complexity index is 795. The monoisotopic (exact) mass is 330 g/mol. The number of nitrogens with zero attached hydrogens (tertiary/aromatic N) is 4. The average molecular weight is 330 g/mol. The molecule has 1 heterocycles. The molecule has 24 heavy (non-hydrogen) atoms. The summed E-state index contributed by atoms with van der Waals surface area (Å²) in [5.41, 5.74) is 3.74. The van der Waals surface area contributed by atoms with E-state index in [0.29, 0.717) is 17.7 Å². The van der Waals surface area contributed by atoms with Crippen molar-refractivity contribution in [1.82, 2.24) is 14.7 Å². The molecule has 0 N–H and O–H groups in total. The molecule has 128 valence electrons. The van der Waals surface area contributed by atoms with Crippen molar-refractivity contribution in [2.24, 2.45) is 0 Å². The zero-order valence-electron chi connectivity index (χ0n) is 14.7. The first-order valence-corrected chi connectivity index (χ1v) is 7.79. The Morgan fingerprint density at radius 1 is 1.33 bits per heavy atom. The predicted octanol–water partition coefficient (Wildman–Crippen LogP) is 3.01. The standard InChI is InChI=1S/C17H22N4O3/c1-6-20-13(4)15(12(3)18-20)10-19(5)17(22)14-8-7-11(2)16(9-14)21(23)24/h7-9H,6,10H2,1-5H3. The van der Waals surface area contributed by atoms with Crippen LogP contribution in [0.2, 0.25) is 0 Å². The molecular formula is C17H22N4O3. The molecule has 7 heteroatoms. The van der Waals surface area contributed by atoms with Crippen LogP contribution in [0.4, 0.5) is 5.69 Å². The van der Waals surface area contributed by atoms with Crippen molar-refractivity contribution in [3.8, 4) is 0 Å². The summed E-state index contributed by atoms with van der Waals surface area (Å²) in [6, 6.07) is 4.56. The van der Waals surface area contributed by atoms with Crippen LogP contribution in [0.3, 0.4) is 0 Å². The van der Waals surface area contributed by atoms with Gasteiger partial charge in [0.15, 0.2) is 0 Å². The highest BCUT2D eigenvalue weighted by molar-refractivity contribution is 5.94. The summed E-state index contributed by atoms with van der Waals surface area (Å²) in [6.07, 6.45) is 0. The van der Waals surface area contributed by atoms with Gasteiger partial charge in [0, 0.05) is 48.6 Å². The van der Waals surface area contributed by atoms with Crippen LogP contribution in [0, 0.1) is 30.9 Å². The summed E-state index contributed by atoms with van der Waals surface area (Å²) >= 11 is 0. The molecule has 1 aromatic carbocycles. The first-order chi connectivity index (χ1) is 11.3. The van der Waals surface area contributed by atoms with Crippen LogP contribution in [-0.4, -0.2) is 32.6 Å². The molecule has 0 fully saturated rings. The van der Waals surface area contributed by atoms with Gasteiger partial charge in [-0.25, -0.2) is 0 Å². The maximum atomic E-state index is 12.6. The fourth-order valence-electron chi connectivity index (χ4n) is 2.74. The second-order valence-corrected chi connectivity index (χ2v) is 5.88. The Kier molecular flexibility index (Phi) is 5.02. The third-order valence-corrected chi connectivity index (χ3v) is 4.23. The zero-order valence-corrected chi connectivity index (χ0v) is 14.7. The van der Waals surface area contributed by atoms with Crippen molar-refractivity contribution < 1.29 is 9.72 Å². The minimum Gasteiger partial charge on any atom is -0.337 e. The van der Waals surface area contributed by atoms with E-state index in [1.54, 1.807) is 31.0 Å². The highest BCUT2D eigenvalue weighted by Gasteiger charge is 2.20. The van der Waals surface area contributed by atoms with Gasteiger partial charge in [-0.15, -0.1) is 0 Å². The van der Waals surface area contributed by atoms with Gasteiger partial charge in [0.25, 0.3) is 11.6 Å². The summed E-state index contributed by atoms with van der Waals surface area (Å²) in [4.78, 5) is 24.8. The van der Waals surface area contributed by atoms with Crippen molar-refractivity contribution in [2.75, 3.05) is 7.05 Å². The maximum Gasteiger partial charge on any atom is 0.273 e. The lowest BCUT2D eigenvalue weighted by Gasteiger charge is -2.18. The molecule has 0 spiro atoms. The second kappa shape index (κ2) is 6.82. The van der Waals surface area contributed by atoms with Crippen molar-refractivity contribution >= 4 is 11.6 Å². The van der Waals surface area contributed by atoms with E-state index in [1.165, 1.54) is 6.07 Å². The SMILES string of the molecule is CCn1nc(C)c(CN(C)C(=O)c2ccc(C)c([N+](=O)[O-])c2)c1C. The van der Waals surface area contributed by atoms with E-state index in [-0.39, 0.29) is 11.6 Å². The summed E-state index contributed by atoms with van der Waals surface area (Å²) in [5, 5.41) is 15.5. The summed E-state index contributed by atoms with van der Waals surface area (Å²) in [6.45, 7) is 8.76. The molecule has 7 nitrogen and oxygen atoms in total. The van der Waals surface area contributed by atoms with Gasteiger partial charge < -0.3 is 4.90 Å². The van der Waals surface area contributed by atoms with E-state index < -0.39 is 4.92 Å². The van der Waals surface area contributed by atoms with E-state index in [0.717, 1.165) is 23.5 Å². The fraction of sp³-hybridized carbons (Fsp3) is 0.412. The molecule has 2 rings (SSSR count). The summed E-state index contributed by atoms with van der Waals surface area (Å²) < 4.78 is 1.90. The van der Waals surface area contributed by atoms with Gasteiger partial charge in [0.2, 0.25) is 0 Å². The summed E-state index contributed by atoms with van der Waals surface area (Å²) in [7, 11) is 1.69. The van der Waals surface area contributed by atoms with E-state index >= 15 is 0 Å². The van der Waals surface area contributed by atoms with Gasteiger partial charge >= 0.3 is 0 Å². The highest BCUT2D eigenvalue weighted by atomic mass is 16.6. The number of carbonyl (C=O) groups excluding carboxylic acids is 1. The topological polar surface area (TPSA) is 81.3 Å². The van der Waals surface area contributed by atoms with Crippen LogP contribution < -0.4 is 0 Å². The number of aromatic nitrogens is 2. The Morgan fingerprint density at radius 2 is 2.00 bits per heavy atom. The molecule has 0 bridgehead atoms. The third-order valence-electron chi connectivity index (χ3n) is 4.23. The molecule has 0 unspecified atom stereocenters. The van der Waals surface area contributed by atoms with E-state index in [2.05, 4.69) is 5.10 Å². The number of hydrogen-bond donors (Lipinski definition) is 0. The number of rotatable bonds is 5. The van der Waals surface area contributed by atoms with Crippen LogP contribution in [0.5, 0.6) is 0 Å². The molecule has 1 amide bonds. The number of benzene rings is 1. The van der Waals surface area contributed by atoms with Crippen LogP contribution in [0.15, 0.2) is 18.2 Å². The highest BCUT2D eigenvalue weighted by Crippen LogP contribution is 2.21. The van der Waals surface area contributed by atoms with Crippen molar-refractivity contribution in [2.45, 2.75) is 40.8 Å². The number of nitro benzene ring substituents is 1. The normalized spacial score (nSPS) is 10.7. The molecule has 0 radical (unpaired) electrons. The first-order valence-electron chi connectivity index (χ1n) is 7.79. The number of carbonyl (C=O) groups is 1. The zero-order chi connectivity index (χ0) is 18.0. The molecule has 0 saturated carbocycles. The van der Waals surface area contributed by atoms with Gasteiger partial charge in [-0.2, -0.15) is 5.10 Å². The maximum absolute atomic E-state index is 12.6. The molecule has 2 aromatic rings. The van der Waals surface area contributed by atoms with E-state index in [1.807, 2.05) is 25.5 Å². The number of hydrogen-bond acceptors (Lipinski definition) is 4. The number of amides is 1. The van der Waals surface area contributed by atoms with Gasteiger partial charge in [-0.3, -0.25) is 19.6 Å². The Hall–Kier alpha value is -2.70. The lowest BCUT2D eigenvalue weighted by atomic mass is 10.1. The fourth-order valence-corrected chi connectivity index (χ4v) is 2.74. The first kappa shape index (κ1) is 17.7. The lowest BCUT2D eigenvalue weighted by molar-refractivity contribution is -0.385. The predicted molar refractivity (Wildman–Crippen MR) is 91.0 cm³/mol. The molecular weight excluding hydrogens is 308 g/mol. The number of nitro groups is 1. The molecule has 0 aliphatic carbocycles. The molecule has 1 aromatic heterocycles. The van der Waals surface area contributed by atoms with Gasteiger partial charge in [0.1, 0.15) is 0 Å². The average Bonchev–Trinajstić information content (AvgIpc) is 2.81. The van der Waals surface area contributed by atoms with Crippen LogP contribution in [0.1, 0.15) is 39.8 Å². The quantitative estimate of drug-likeness (QED) is 0.623. The summed E-state index contributed by atoms with van der Waals surface area (Å²) in [5.74, 6) is -0.249. The van der Waals surface area contributed by atoms with Gasteiger partial charge in [0.05, 0.1) is 10.6 Å². The van der Waals surface area contributed by atoms with Crippen LogP contribution in [-0.2, 0) is 13.1 Å². The Morgan fingerprint density at radius 3 is 2.54 bits per heavy atom. The lowest BCUT2D eigenvalue weighted by Crippen LogP contribution is -2.26. The van der Waals surface area contributed by atoms with Gasteiger partial charge in [-0.05, 0) is 33.8 Å². The largest absolute Gasteiger partial charge is 0.337 e. The second-order valence-electron chi connectivity index (χ2n) is 5.88. The third kappa shape index (κ3) is 3.29. The van der Waals surface area contributed by atoms with Crippen molar-refractivity contribution in [3.05, 3.63) is 56.4 Å². The van der Waals surface area contributed by atoms with Crippen molar-refractivity contribution in [3.63, 3.8) is 0 Å². The smallest absolute Gasteiger partial charge is 0.273 e. The van der Waals surface area contributed by atoms with Gasteiger partial charge in [-0.1, -0.05) is 6.07 Å². The van der Waals surface area contributed by atoms with E-state index in [4.69, 9.17) is 0 Å². The Balaban J connectivity index is 2.26. The molecule has 0 saturated heterocycles. The number of aryl methyl sites for hydroxylation is 3.